The van der Waals surface area contributed by atoms with Crippen molar-refractivity contribution in [2.75, 3.05) is 11.6 Å². The van der Waals surface area contributed by atoms with Crippen LogP contribution in [-0.2, 0) is 6.54 Å². The van der Waals surface area contributed by atoms with Crippen molar-refractivity contribution in [3.8, 4) is 6.07 Å². The van der Waals surface area contributed by atoms with E-state index < -0.39 is 0 Å². The molecule has 0 saturated carbocycles. The highest BCUT2D eigenvalue weighted by Gasteiger charge is 2.10. The molecule has 1 N–H and O–H groups in total. The fraction of sp³-hybridized carbons (Fsp3) is 0.167. The molecule has 1 heterocycles. The Morgan fingerprint density at radius 3 is 2.78 bits per heavy atom. The zero-order chi connectivity index (χ0) is 13.0. The van der Waals surface area contributed by atoms with Crippen molar-refractivity contribution in [3.63, 3.8) is 0 Å². The number of hydrogen-bond acceptors (Lipinski definition) is 5. The summed E-state index contributed by atoms with van der Waals surface area (Å²) >= 11 is 8.72. The van der Waals surface area contributed by atoms with Crippen LogP contribution in [0, 0.1) is 11.3 Å². The molecule has 0 amide bonds. The Kier molecular flexibility index (Phi) is 4.48. The molecular formula is C12H10ClN3S2. The zero-order valence-electron chi connectivity index (χ0n) is 9.61. The maximum absolute atomic E-state index is 8.94. The lowest BCUT2D eigenvalue weighted by Gasteiger charge is -2.04. The third kappa shape index (κ3) is 2.96. The topological polar surface area (TPSA) is 48.7 Å². The van der Waals surface area contributed by atoms with Crippen molar-refractivity contribution in [1.29, 1.82) is 5.26 Å². The molecule has 6 heteroatoms. The Morgan fingerprint density at radius 1 is 1.44 bits per heavy atom. The normalized spacial score (nSPS) is 10.1. The van der Waals surface area contributed by atoms with Crippen molar-refractivity contribution >= 4 is 39.9 Å². The summed E-state index contributed by atoms with van der Waals surface area (Å²) in [4.78, 5) is 1.23. The number of halogens is 1. The number of rotatable bonds is 4. The van der Waals surface area contributed by atoms with Gasteiger partial charge in [0, 0.05) is 11.4 Å². The van der Waals surface area contributed by atoms with Crippen LogP contribution in [-0.4, -0.2) is 10.6 Å². The van der Waals surface area contributed by atoms with Gasteiger partial charge in [-0.05, 0) is 35.5 Å². The van der Waals surface area contributed by atoms with Gasteiger partial charge in [0.25, 0.3) is 0 Å². The SMILES string of the molecule is CSc1ccc(CNc2snc(Cl)c2C#N)cc1. The number of thioether (sulfide) groups is 1. The molecule has 0 radical (unpaired) electrons. The number of nitrogens with one attached hydrogen (secondary N) is 1. The molecule has 2 aromatic rings. The Labute approximate surface area is 119 Å². The molecule has 0 aliphatic heterocycles. The largest absolute Gasteiger partial charge is 0.370 e. The van der Waals surface area contributed by atoms with Gasteiger partial charge in [-0.25, -0.2) is 0 Å². The third-order valence-electron chi connectivity index (χ3n) is 2.37. The molecule has 1 aromatic heterocycles. The monoisotopic (exact) mass is 295 g/mol. The zero-order valence-corrected chi connectivity index (χ0v) is 12.0. The van der Waals surface area contributed by atoms with Gasteiger partial charge in [0.1, 0.15) is 16.6 Å². The second kappa shape index (κ2) is 6.10. The molecule has 1 aromatic carbocycles. The lowest BCUT2D eigenvalue weighted by Crippen LogP contribution is -1.98. The maximum atomic E-state index is 8.94. The second-order valence-electron chi connectivity index (χ2n) is 3.49. The van der Waals surface area contributed by atoms with Crippen LogP contribution in [0.2, 0.25) is 5.15 Å². The highest BCUT2D eigenvalue weighted by atomic mass is 35.5. The standard InChI is InChI=1S/C12H10ClN3S2/c1-17-9-4-2-8(3-5-9)7-15-12-10(6-14)11(13)16-18-12/h2-5,15H,7H2,1H3. The number of hydrogen-bond donors (Lipinski definition) is 1. The van der Waals surface area contributed by atoms with E-state index in [1.807, 2.05) is 12.3 Å². The highest BCUT2D eigenvalue weighted by Crippen LogP contribution is 2.28. The molecule has 18 heavy (non-hydrogen) atoms. The van der Waals surface area contributed by atoms with Crippen LogP contribution in [0.3, 0.4) is 0 Å². The van der Waals surface area contributed by atoms with Crippen LogP contribution < -0.4 is 5.32 Å². The van der Waals surface area contributed by atoms with E-state index in [0.717, 1.165) is 10.6 Å². The molecule has 0 aliphatic rings. The number of nitriles is 1. The predicted octanol–water partition coefficient (Wildman–Crippen LogP) is 4.00. The number of anilines is 1. The van der Waals surface area contributed by atoms with E-state index in [4.69, 9.17) is 16.9 Å². The van der Waals surface area contributed by atoms with E-state index >= 15 is 0 Å². The van der Waals surface area contributed by atoms with E-state index in [9.17, 15) is 0 Å². The smallest absolute Gasteiger partial charge is 0.162 e. The lowest BCUT2D eigenvalue weighted by molar-refractivity contribution is 1.15. The van der Waals surface area contributed by atoms with Gasteiger partial charge >= 0.3 is 0 Å². The first kappa shape index (κ1) is 13.2. The van der Waals surface area contributed by atoms with Gasteiger partial charge in [-0.3, -0.25) is 0 Å². The number of benzene rings is 1. The van der Waals surface area contributed by atoms with Gasteiger partial charge in [0.15, 0.2) is 5.15 Å². The van der Waals surface area contributed by atoms with E-state index in [-0.39, 0.29) is 5.15 Å². The van der Waals surface area contributed by atoms with Gasteiger partial charge in [-0.2, -0.15) is 9.64 Å². The van der Waals surface area contributed by atoms with Crippen molar-refractivity contribution in [1.82, 2.24) is 4.37 Å². The van der Waals surface area contributed by atoms with Crippen LogP contribution in [0.5, 0.6) is 0 Å². The van der Waals surface area contributed by atoms with E-state index in [0.29, 0.717) is 12.1 Å². The Hall–Kier alpha value is -1.22. The van der Waals surface area contributed by atoms with E-state index in [2.05, 4.69) is 34.0 Å². The molecule has 0 fully saturated rings. The highest BCUT2D eigenvalue weighted by molar-refractivity contribution is 7.98. The van der Waals surface area contributed by atoms with Gasteiger partial charge in [-0.15, -0.1) is 11.8 Å². The van der Waals surface area contributed by atoms with Crippen molar-refractivity contribution in [3.05, 3.63) is 40.5 Å². The molecule has 0 spiro atoms. The van der Waals surface area contributed by atoms with Crippen molar-refractivity contribution in [2.45, 2.75) is 11.4 Å². The molecular weight excluding hydrogens is 286 g/mol. The predicted molar refractivity (Wildman–Crippen MR) is 77.4 cm³/mol. The van der Waals surface area contributed by atoms with Crippen LogP contribution in [0.15, 0.2) is 29.2 Å². The van der Waals surface area contributed by atoms with Crippen LogP contribution in [0.25, 0.3) is 0 Å². The minimum atomic E-state index is 0.266. The minimum Gasteiger partial charge on any atom is -0.370 e. The summed E-state index contributed by atoms with van der Waals surface area (Å²) in [7, 11) is 0. The quantitative estimate of drug-likeness (QED) is 0.866. The summed E-state index contributed by atoms with van der Waals surface area (Å²) in [6.07, 6.45) is 2.05. The summed E-state index contributed by atoms with van der Waals surface area (Å²) in [5.74, 6) is 0. The molecule has 2 rings (SSSR count). The molecule has 0 aliphatic carbocycles. The van der Waals surface area contributed by atoms with Gasteiger partial charge < -0.3 is 5.32 Å². The Morgan fingerprint density at radius 2 is 2.17 bits per heavy atom. The summed E-state index contributed by atoms with van der Waals surface area (Å²) in [6, 6.07) is 10.3. The summed E-state index contributed by atoms with van der Waals surface area (Å²) in [5.41, 5.74) is 1.57. The average Bonchev–Trinajstić information content (AvgIpc) is 2.77. The van der Waals surface area contributed by atoms with Crippen molar-refractivity contribution < 1.29 is 0 Å². The van der Waals surface area contributed by atoms with Gasteiger partial charge in [0.05, 0.1) is 0 Å². The molecule has 0 unspecified atom stereocenters. The first-order chi connectivity index (χ1) is 8.74. The maximum Gasteiger partial charge on any atom is 0.162 e. The molecule has 0 atom stereocenters. The summed E-state index contributed by atoms with van der Waals surface area (Å²) in [5, 5.41) is 13.1. The Bertz CT molecular complexity index is 572. The van der Waals surface area contributed by atoms with Crippen LogP contribution in [0.4, 0.5) is 5.00 Å². The van der Waals surface area contributed by atoms with Gasteiger partial charge in [-0.1, -0.05) is 23.7 Å². The molecule has 0 saturated heterocycles. The van der Waals surface area contributed by atoms with Gasteiger partial charge in [0.2, 0.25) is 0 Å². The molecule has 0 bridgehead atoms. The third-order valence-corrected chi connectivity index (χ3v) is 4.30. The average molecular weight is 296 g/mol. The number of aromatic nitrogens is 1. The lowest BCUT2D eigenvalue weighted by atomic mass is 10.2. The first-order valence-corrected chi connectivity index (χ1v) is 7.54. The fourth-order valence-corrected chi connectivity index (χ4v) is 2.75. The molecule has 92 valence electrons. The minimum absolute atomic E-state index is 0.266. The van der Waals surface area contributed by atoms with Crippen LogP contribution in [0.1, 0.15) is 11.1 Å². The fourth-order valence-electron chi connectivity index (χ4n) is 1.41. The Balaban J connectivity index is 2.04. The summed E-state index contributed by atoms with van der Waals surface area (Å²) < 4.78 is 3.95. The van der Waals surface area contributed by atoms with Crippen molar-refractivity contribution in [2.24, 2.45) is 0 Å². The first-order valence-electron chi connectivity index (χ1n) is 5.16. The molecule has 3 nitrogen and oxygen atoms in total. The van der Waals surface area contributed by atoms with E-state index in [1.54, 1.807) is 11.8 Å². The second-order valence-corrected chi connectivity index (χ2v) is 5.50. The number of nitrogens with zero attached hydrogens (tertiary/aromatic N) is 2. The van der Waals surface area contributed by atoms with Crippen LogP contribution >= 0.6 is 34.9 Å². The summed E-state index contributed by atoms with van der Waals surface area (Å²) in [6.45, 7) is 0.655. The van der Waals surface area contributed by atoms with E-state index in [1.165, 1.54) is 16.4 Å².